The minimum Gasteiger partial charge on any atom is -0.338 e. The van der Waals surface area contributed by atoms with E-state index in [0.717, 1.165) is 41.7 Å². The predicted octanol–water partition coefficient (Wildman–Crippen LogP) is 2.78. The second-order valence-corrected chi connectivity index (χ2v) is 6.41. The van der Waals surface area contributed by atoms with E-state index in [4.69, 9.17) is 5.73 Å². The van der Waals surface area contributed by atoms with Gasteiger partial charge in [-0.15, -0.1) is 0 Å². The van der Waals surface area contributed by atoms with Gasteiger partial charge in [-0.2, -0.15) is 0 Å². The molecule has 1 fully saturated rings. The number of benzene rings is 1. The molecule has 22 heavy (non-hydrogen) atoms. The molecule has 4 nitrogen and oxygen atoms in total. The van der Waals surface area contributed by atoms with Crippen LogP contribution < -0.4 is 5.73 Å². The van der Waals surface area contributed by atoms with Crippen LogP contribution in [0, 0.1) is 5.92 Å². The minimum absolute atomic E-state index is 0.108. The van der Waals surface area contributed by atoms with Crippen molar-refractivity contribution >= 4 is 16.8 Å². The zero-order valence-electron chi connectivity index (χ0n) is 13.2. The highest BCUT2D eigenvalue weighted by atomic mass is 16.2. The molecule has 1 unspecified atom stereocenters. The van der Waals surface area contributed by atoms with Crippen molar-refractivity contribution in [3.05, 3.63) is 41.6 Å². The van der Waals surface area contributed by atoms with E-state index in [1.807, 2.05) is 35.2 Å². The number of carbonyl (C=O) groups excluding carboxylic acids is 1. The number of nitrogens with two attached hydrogens (primary N) is 1. The molecule has 2 N–H and O–H groups in total. The first-order valence-corrected chi connectivity index (χ1v) is 7.99. The average Bonchev–Trinajstić information content (AvgIpc) is 3.02. The molecule has 1 aliphatic rings. The standard InChI is InChI=1S/C18H23N3O/c1-12(2)17-9-15(14-5-3-4-6-16(14)20-17)18(22)21-8-7-13(10-19)11-21/h3-6,9,12-13H,7-8,10-11,19H2,1-2H3. The Hall–Kier alpha value is -1.94. The van der Waals surface area contributed by atoms with Crippen molar-refractivity contribution in [2.45, 2.75) is 26.2 Å². The first kappa shape index (κ1) is 15.0. The molecule has 1 saturated heterocycles. The highest BCUT2D eigenvalue weighted by molar-refractivity contribution is 6.06. The van der Waals surface area contributed by atoms with Crippen molar-refractivity contribution in [3.8, 4) is 0 Å². The van der Waals surface area contributed by atoms with Gasteiger partial charge in [-0.05, 0) is 36.9 Å². The topological polar surface area (TPSA) is 59.2 Å². The van der Waals surface area contributed by atoms with Crippen molar-refractivity contribution < 1.29 is 4.79 Å². The predicted molar refractivity (Wildman–Crippen MR) is 88.9 cm³/mol. The van der Waals surface area contributed by atoms with E-state index in [2.05, 4.69) is 18.8 Å². The third-order valence-electron chi connectivity index (χ3n) is 4.46. The molecule has 2 aromatic rings. The fourth-order valence-electron chi connectivity index (χ4n) is 3.05. The second kappa shape index (κ2) is 6.05. The third-order valence-corrected chi connectivity index (χ3v) is 4.46. The Bertz CT molecular complexity index is 696. The van der Waals surface area contributed by atoms with Gasteiger partial charge >= 0.3 is 0 Å². The monoisotopic (exact) mass is 297 g/mol. The molecule has 0 bridgehead atoms. The van der Waals surface area contributed by atoms with E-state index in [9.17, 15) is 4.79 Å². The van der Waals surface area contributed by atoms with Gasteiger partial charge in [0.1, 0.15) is 0 Å². The molecule has 2 heterocycles. The van der Waals surface area contributed by atoms with Crippen molar-refractivity contribution in [2.75, 3.05) is 19.6 Å². The number of hydrogen-bond acceptors (Lipinski definition) is 3. The molecule has 0 spiro atoms. The van der Waals surface area contributed by atoms with E-state index < -0.39 is 0 Å². The average molecular weight is 297 g/mol. The molecule has 1 aromatic heterocycles. The summed E-state index contributed by atoms with van der Waals surface area (Å²) in [4.78, 5) is 19.6. The number of rotatable bonds is 3. The first-order chi connectivity index (χ1) is 10.6. The summed E-state index contributed by atoms with van der Waals surface area (Å²) in [5.41, 5.74) is 8.38. The van der Waals surface area contributed by atoms with E-state index in [-0.39, 0.29) is 5.91 Å². The lowest BCUT2D eigenvalue weighted by Crippen LogP contribution is -2.30. The van der Waals surface area contributed by atoms with Gasteiger partial charge in [-0.3, -0.25) is 9.78 Å². The van der Waals surface area contributed by atoms with Crippen molar-refractivity contribution in [3.63, 3.8) is 0 Å². The van der Waals surface area contributed by atoms with E-state index >= 15 is 0 Å². The van der Waals surface area contributed by atoms with Crippen LogP contribution in [0.1, 0.15) is 42.2 Å². The Balaban J connectivity index is 2.03. The van der Waals surface area contributed by atoms with Gasteiger partial charge in [0.25, 0.3) is 5.91 Å². The van der Waals surface area contributed by atoms with Crippen LogP contribution in [0.3, 0.4) is 0 Å². The Morgan fingerprint density at radius 2 is 2.18 bits per heavy atom. The van der Waals surface area contributed by atoms with Crippen LogP contribution in [-0.2, 0) is 0 Å². The SMILES string of the molecule is CC(C)c1cc(C(=O)N2CCC(CN)C2)c2ccccc2n1. The lowest BCUT2D eigenvalue weighted by atomic mass is 10.0. The number of para-hydroxylation sites is 1. The number of pyridine rings is 1. The minimum atomic E-state index is 0.108. The summed E-state index contributed by atoms with van der Waals surface area (Å²) in [6, 6.07) is 9.85. The maximum absolute atomic E-state index is 13.0. The molecule has 116 valence electrons. The van der Waals surface area contributed by atoms with Gasteiger partial charge in [0, 0.05) is 24.2 Å². The van der Waals surface area contributed by atoms with Crippen LogP contribution >= 0.6 is 0 Å². The van der Waals surface area contributed by atoms with Crippen molar-refractivity contribution in [1.29, 1.82) is 0 Å². The van der Waals surface area contributed by atoms with Gasteiger partial charge in [0.2, 0.25) is 0 Å². The summed E-state index contributed by atoms with van der Waals surface area (Å²) in [5, 5.41) is 0.938. The van der Waals surface area contributed by atoms with Gasteiger partial charge in [0.05, 0.1) is 11.1 Å². The lowest BCUT2D eigenvalue weighted by molar-refractivity contribution is 0.0789. The summed E-state index contributed by atoms with van der Waals surface area (Å²) in [5.74, 6) is 0.838. The van der Waals surface area contributed by atoms with Crippen molar-refractivity contribution in [1.82, 2.24) is 9.88 Å². The van der Waals surface area contributed by atoms with E-state index in [0.29, 0.717) is 18.4 Å². The Labute approximate surface area is 131 Å². The van der Waals surface area contributed by atoms with Crippen LogP contribution in [0.15, 0.2) is 30.3 Å². The van der Waals surface area contributed by atoms with Crippen LogP contribution in [0.5, 0.6) is 0 Å². The zero-order valence-corrected chi connectivity index (χ0v) is 13.2. The number of amides is 1. The Kier molecular flexibility index (Phi) is 4.12. The summed E-state index contributed by atoms with van der Waals surface area (Å²) in [7, 11) is 0. The van der Waals surface area contributed by atoms with Crippen molar-refractivity contribution in [2.24, 2.45) is 11.7 Å². The molecule has 4 heteroatoms. The fourth-order valence-corrected chi connectivity index (χ4v) is 3.05. The summed E-state index contributed by atoms with van der Waals surface area (Å²) >= 11 is 0. The maximum atomic E-state index is 13.0. The molecular weight excluding hydrogens is 274 g/mol. The van der Waals surface area contributed by atoms with Gasteiger partial charge in [0.15, 0.2) is 0 Å². The molecule has 0 aliphatic carbocycles. The summed E-state index contributed by atoms with van der Waals surface area (Å²) in [6.45, 7) is 6.42. The lowest BCUT2D eigenvalue weighted by Gasteiger charge is -2.18. The normalized spacial score (nSPS) is 18.4. The van der Waals surface area contributed by atoms with E-state index in [1.54, 1.807) is 0 Å². The van der Waals surface area contributed by atoms with E-state index in [1.165, 1.54) is 0 Å². The molecule has 1 amide bonds. The van der Waals surface area contributed by atoms with Crippen LogP contribution in [-0.4, -0.2) is 35.4 Å². The molecule has 0 radical (unpaired) electrons. The molecule has 1 aliphatic heterocycles. The first-order valence-electron chi connectivity index (χ1n) is 7.99. The Morgan fingerprint density at radius 3 is 2.86 bits per heavy atom. The summed E-state index contributed by atoms with van der Waals surface area (Å²) < 4.78 is 0. The highest BCUT2D eigenvalue weighted by Gasteiger charge is 2.27. The zero-order chi connectivity index (χ0) is 15.7. The molecular formula is C18H23N3O. The second-order valence-electron chi connectivity index (χ2n) is 6.41. The van der Waals surface area contributed by atoms with Crippen LogP contribution in [0.4, 0.5) is 0 Å². The molecule has 1 aromatic carbocycles. The number of likely N-dealkylation sites (tertiary alicyclic amines) is 1. The number of aromatic nitrogens is 1. The van der Waals surface area contributed by atoms with Gasteiger partial charge in [-0.1, -0.05) is 32.0 Å². The van der Waals surface area contributed by atoms with Gasteiger partial charge < -0.3 is 10.6 Å². The molecule has 3 rings (SSSR count). The maximum Gasteiger partial charge on any atom is 0.254 e. The number of fused-ring (bicyclic) bond motifs is 1. The Morgan fingerprint density at radius 1 is 1.41 bits per heavy atom. The quantitative estimate of drug-likeness (QED) is 0.947. The molecule has 0 saturated carbocycles. The van der Waals surface area contributed by atoms with Crippen LogP contribution in [0.2, 0.25) is 0 Å². The smallest absolute Gasteiger partial charge is 0.254 e. The number of nitrogens with zero attached hydrogens (tertiary/aromatic N) is 2. The fraction of sp³-hybridized carbons (Fsp3) is 0.444. The third kappa shape index (κ3) is 2.71. The number of hydrogen-bond donors (Lipinski definition) is 1. The highest BCUT2D eigenvalue weighted by Crippen LogP contribution is 2.25. The largest absolute Gasteiger partial charge is 0.338 e. The van der Waals surface area contributed by atoms with Gasteiger partial charge in [-0.25, -0.2) is 0 Å². The summed E-state index contributed by atoms with van der Waals surface area (Å²) in [6.07, 6.45) is 1.00. The van der Waals surface area contributed by atoms with Crippen LogP contribution in [0.25, 0.3) is 10.9 Å². The molecule has 1 atom stereocenters. The number of carbonyl (C=O) groups is 1.